The van der Waals surface area contributed by atoms with E-state index in [0.29, 0.717) is 5.69 Å². The van der Waals surface area contributed by atoms with Gasteiger partial charge in [-0.2, -0.15) is 5.10 Å². The topological polar surface area (TPSA) is 93.5 Å². The van der Waals surface area contributed by atoms with Crippen LogP contribution in [-0.2, 0) is 9.59 Å². The molecular formula is C17H20ClN3O4. The summed E-state index contributed by atoms with van der Waals surface area (Å²) < 4.78 is 6.86. The van der Waals surface area contributed by atoms with Crippen LogP contribution in [-0.4, -0.2) is 33.4 Å². The second-order valence-electron chi connectivity index (χ2n) is 5.80. The van der Waals surface area contributed by atoms with Gasteiger partial charge in [-0.1, -0.05) is 11.6 Å². The first-order valence-corrected chi connectivity index (χ1v) is 8.11. The summed E-state index contributed by atoms with van der Waals surface area (Å²) in [6.45, 7) is 5.30. The third kappa shape index (κ3) is 5.22. The first kappa shape index (κ1) is 18.8. The molecule has 2 rings (SSSR count). The lowest BCUT2D eigenvalue weighted by Crippen LogP contribution is -2.19. The molecule has 0 spiro atoms. The molecule has 0 fully saturated rings. The minimum atomic E-state index is -1.09. The molecule has 0 saturated heterocycles. The van der Waals surface area contributed by atoms with Crippen LogP contribution < -0.4 is 10.1 Å². The fraction of sp³-hybridized carbons (Fsp3) is 0.353. The van der Waals surface area contributed by atoms with Crippen LogP contribution in [0, 0.1) is 13.8 Å². The Kier molecular flexibility index (Phi) is 6.03. The zero-order valence-electron chi connectivity index (χ0n) is 14.2. The van der Waals surface area contributed by atoms with Crippen LogP contribution in [0.15, 0.2) is 24.3 Å². The highest BCUT2D eigenvalue weighted by molar-refractivity contribution is 6.32. The number of benzene rings is 1. The first-order chi connectivity index (χ1) is 11.8. The number of nitrogens with one attached hydrogen (secondary N) is 1. The molecule has 2 aromatic rings. The molecule has 0 radical (unpaired) electrons. The Balaban J connectivity index is 1.97. The Labute approximate surface area is 150 Å². The van der Waals surface area contributed by atoms with Crippen LogP contribution in [0.3, 0.4) is 0 Å². The van der Waals surface area contributed by atoms with Crippen LogP contribution >= 0.6 is 11.6 Å². The molecule has 1 heterocycles. The van der Waals surface area contributed by atoms with Crippen LogP contribution in [0.5, 0.6) is 5.75 Å². The van der Waals surface area contributed by atoms with E-state index in [1.807, 2.05) is 31.5 Å². The number of halogens is 1. The fourth-order valence-corrected chi connectivity index (χ4v) is 2.73. The van der Waals surface area contributed by atoms with E-state index in [-0.39, 0.29) is 29.1 Å². The number of carbonyl (C=O) groups is 2. The van der Waals surface area contributed by atoms with Crippen molar-refractivity contribution in [2.24, 2.45) is 0 Å². The van der Waals surface area contributed by atoms with Crippen LogP contribution in [0.25, 0.3) is 0 Å². The molecule has 0 aliphatic heterocycles. The molecule has 1 atom stereocenters. The van der Waals surface area contributed by atoms with Crippen LogP contribution in [0.4, 0.5) is 5.69 Å². The summed E-state index contributed by atoms with van der Waals surface area (Å²) in [4.78, 5) is 22.7. The fourth-order valence-electron chi connectivity index (χ4n) is 2.49. The van der Waals surface area contributed by atoms with Crippen molar-refractivity contribution < 1.29 is 19.4 Å². The predicted molar refractivity (Wildman–Crippen MR) is 94.2 cm³/mol. The highest BCUT2D eigenvalue weighted by Gasteiger charge is 2.15. The smallest absolute Gasteiger partial charge is 0.341 e. The molecule has 0 aliphatic carbocycles. The SMILES string of the molecule is Cc1cc(C)n(C(C)CC(=O)Nc2ccc(OCC(=O)O)c(Cl)c2)n1. The van der Waals surface area contributed by atoms with Crippen molar-refractivity contribution >= 4 is 29.2 Å². The van der Waals surface area contributed by atoms with Gasteiger partial charge in [-0.3, -0.25) is 9.48 Å². The van der Waals surface area contributed by atoms with Gasteiger partial charge < -0.3 is 15.2 Å². The summed E-state index contributed by atoms with van der Waals surface area (Å²) in [7, 11) is 0. The minimum absolute atomic E-state index is 0.0812. The van der Waals surface area contributed by atoms with Crippen molar-refractivity contribution in [3.8, 4) is 5.75 Å². The van der Waals surface area contributed by atoms with Crippen molar-refractivity contribution in [1.82, 2.24) is 9.78 Å². The molecule has 25 heavy (non-hydrogen) atoms. The zero-order chi connectivity index (χ0) is 18.6. The van der Waals surface area contributed by atoms with Crippen molar-refractivity contribution in [3.05, 3.63) is 40.7 Å². The van der Waals surface area contributed by atoms with Gasteiger partial charge >= 0.3 is 5.97 Å². The highest BCUT2D eigenvalue weighted by atomic mass is 35.5. The van der Waals surface area contributed by atoms with Crippen LogP contribution in [0.2, 0.25) is 5.02 Å². The van der Waals surface area contributed by atoms with E-state index in [0.717, 1.165) is 11.4 Å². The van der Waals surface area contributed by atoms with E-state index in [1.165, 1.54) is 12.1 Å². The summed E-state index contributed by atoms with van der Waals surface area (Å²) in [5, 5.41) is 16.0. The van der Waals surface area contributed by atoms with Gasteiger partial charge in [-0.05, 0) is 45.0 Å². The predicted octanol–water partition coefficient (Wildman–Crippen LogP) is 3.21. The molecule has 0 aliphatic rings. The minimum Gasteiger partial charge on any atom is -0.480 e. The van der Waals surface area contributed by atoms with Gasteiger partial charge in [-0.25, -0.2) is 4.79 Å². The van der Waals surface area contributed by atoms with Gasteiger partial charge in [0.15, 0.2) is 6.61 Å². The number of ether oxygens (including phenoxy) is 1. The van der Waals surface area contributed by atoms with E-state index in [9.17, 15) is 9.59 Å². The summed E-state index contributed by atoms with van der Waals surface area (Å²) >= 11 is 6.04. The maximum atomic E-state index is 12.2. The lowest BCUT2D eigenvalue weighted by molar-refractivity contribution is -0.139. The first-order valence-electron chi connectivity index (χ1n) is 7.73. The number of carboxylic acid groups (broad SMARTS) is 1. The van der Waals surface area contributed by atoms with Crippen molar-refractivity contribution in [3.63, 3.8) is 0 Å². The zero-order valence-corrected chi connectivity index (χ0v) is 15.0. The van der Waals surface area contributed by atoms with Crippen molar-refractivity contribution in [2.75, 3.05) is 11.9 Å². The Bertz CT molecular complexity index is 788. The number of hydrogen-bond acceptors (Lipinski definition) is 4. The number of amides is 1. The second kappa shape index (κ2) is 8.02. The molecule has 7 nitrogen and oxygen atoms in total. The standard InChI is InChI=1S/C17H20ClN3O4/c1-10-6-11(2)21(20-10)12(3)7-16(22)19-13-4-5-15(14(18)8-13)25-9-17(23)24/h4-6,8,12H,7,9H2,1-3H3,(H,19,22)(H,23,24). The molecule has 1 aromatic heterocycles. The summed E-state index contributed by atoms with van der Waals surface area (Å²) in [6, 6.07) is 6.52. The number of aryl methyl sites for hydroxylation is 2. The number of rotatable bonds is 7. The Hall–Kier alpha value is -2.54. The number of carbonyl (C=O) groups excluding carboxylic acids is 1. The molecule has 1 aromatic carbocycles. The number of carboxylic acids is 1. The molecular weight excluding hydrogens is 346 g/mol. The van der Waals surface area contributed by atoms with Gasteiger partial charge in [0, 0.05) is 17.8 Å². The number of aromatic nitrogens is 2. The lowest BCUT2D eigenvalue weighted by Gasteiger charge is -2.14. The normalized spacial score (nSPS) is 11.8. The monoisotopic (exact) mass is 365 g/mol. The molecule has 134 valence electrons. The Morgan fingerprint density at radius 2 is 2.08 bits per heavy atom. The molecule has 0 saturated carbocycles. The molecule has 8 heteroatoms. The summed E-state index contributed by atoms with van der Waals surface area (Å²) in [6.07, 6.45) is 0.261. The second-order valence-corrected chi connectivity index (χ2v) is 6.21. The molecule has 2 N–H and O–H groups in total. The maximum absolute atomic E-state index is 12.2. The Morgan fingerprint density at radius 3 is 2.64 bits per heavy atom. The number of aliphatic carboxylic acids is 1. The van der Waals surface area contributed by atoms with Gasteiger partial charge in [0.2, 0.25) is 5.91 Å². The molecule has 1 unspecified atom stereocenters. The third-order valence-corrected chi connectivity index (χ3v) is 3.81. The maximum Gasteiger partial charge on any atom is 0.341 e. The van der Waals surface area contributed by atoms with Gasteiger partial charge in [0.25, 0.3) is 0 Å². The van der Waals surface area contributed by atoms with E-state index in [2.05, 4.69) is 10.4 Å². The van der Waals surface area contributed by atoms with Gasteiger partial charge in [-0.15, -0.1) is 0 Å². The summed E-state index contributed by atoms with van der Waals surface area (Å²) in [5.74, 6) is -1.01. The van der Waals surface area contributed by atoms with E-state index in [4.69, 9.17) is 21.4 Å². The van der Waals surface area contributed by atoms with E-state index in [1.54, 1.807) is 6.07 Å². The van der Waals surface area contributed by atoms with E-state index < -0.39 is 12.6 Å². The largest absolute Gasteiger partial charge is 0.480 e. The van der Waals surface area contributed by atoms with Crippen molar-refractivity contribution in [2.45, 2.75) is 33.2 Å². The van der Waals surface area contributed by atoms with Gasteiger partial charge in [0.1, 0.15) is 5.75 Å². The molecule has 1 amide bonds. The van der Waals surface area contributed by atoms with Gasteiger partial charge in [0.05, 0.1) is 16.8 Å². The summed E-state index contributed by atoms with van der Waals surface area (Å²) in [5.41, 5.74) is 2.42. The van der Waals surface area contributed by atoms with Crippen LogP contribution in [0.1, 0.15) is 30.8 Å². The Morgan fingerprint density at radius 1 is 1.36 bits per heavy atom. The van der Waals surface area contributed by atoms with E-state index >= 15 is 0 Å². The average Bonchev–Trinajstić information content (AvgIpc) is 2.84. The number of anilines is 1. The highest BCUT2D eigenvalue weighted by Crippen LogP contribution is 2.28. The third-order valence-electron chi connectivity index (χ3n) is 3.51. The van der Waals surface area contributed by atoms with Crippen molar-refractivity contribution in [1.29, 1.82) is 0 Å². The quantitative estimate of drug-likeness (QED) is 0.785. The number of nitrogens with zero attached hydrogens (tertiary/aromatic N) is 2. The lowest BCUT2D eigenvalue weighted by atomic mass is 10.2. The molecule has 0 bridgehead atoms. The average molecular weight is 366 g/mol. The number of hydrogen-bond donors (Lipinski definition) is 2.